The monoisotopic (exact) mass is 295 g/mol. The molecule has 1 aliphatic heterocycles. The molecule has 0 spiro atoms. The first kappa shape index (κ1) is 12.3. The summed E-state index contributed by atoms with van der Waals surface area (Å²) in [6, 6.07) is 5.92. The average molecular weight is 296 g/mol. The van der Waals surface area contributed by atoms with Crippen LogP contribution in [0.3, 0.4) is 0 Å². The minimum atomic E-state index is 0.0440. The first-order valence-electron chi connectivity index (χ1n) is 5.60. The molecular weight excluding hydrogens is 282 g/mol. The number of hydrogen-bond donors (Lipinski definition) is 0. The number of fused-ring (bicyclic) bond motifs is 1. The summed E-state index contributed by atoms with van der Waals surface area (Å²) in [6.07, 6.45) is 1.27. The highest BCUT2D eigenvalue weighted by atomic mass is 79.9. The fourth-order valence-corrected chi connectivity index (χ4v) is 2.45. The maximum absolute atomic E-state index is 11.5. The van der Waals surface area contributed by atoms with Gasteiger partial charge >= 0.3 is 0 Å². The van der Waals surface area contributed by atoms with Crippen molar-refractivity contribution in [3.63, 3.8) is 0 Å². The van der Waals surface area contributed by atoms with Gasteiger partial charge in [-0.2, -0.15) is 0 Å². The number of hydrogen-bond acceptors (Lipinski definition) is 2. The summed E-state index contributed by atoms with van der Waals surface area (Å²) in [5.41, 5.74) is 3.08. The number of nitrogens with zero attached hydrogens (tertiary/aromatic N) is 1. The number of benzene rings is 1. The molecule has 4 heteroatoms. The number of amides is 1. The van der Waals surface area contributed by atoms with Gasteiger partial charge in [0.1, 0.15) is 5.78 Å². The molecule has 0 aromatic heterocycles. The molecule has 0 unspecified atom stereocenters. The summed E-state index contributed by atoms with van der Waals surface area (Å²) in [6.45, 7) is 2.29. The molecule has 0 saturated heterocycles. The highest BCUT2D eigenvalue weighted by molar-refractivity contribution is 9.09. The van der Waals surface area contributed by atoms with Crippen molar-refractivity contribution >= 4 is 33.3 Å². The van der Waals surface area contributed by atoms with Gasteiger partial charge in [-0.05, 0) is 17.5 Å². The van der Waals surface area contributed by atoms with E-state index in [0.29, 0.717) is 11.8 Å². The van der Waals surface area contributed by atoms with E-state index in [0.717, 1.165) is 24.2 Å². The summed E-state index contributed by atoms with van der Waals surface area (Å²) in [4.78, 5) is 24.8. The van der Waals surface area contributed by atoms with Crippen LogP contribution in [0.5, 0.6) is 0 Å². The highest BCUT2D eigenvalue weighted by Gasteiger charge is 2.25. The Balaban J connectivity index is 2.38. The Morgan fingerprint density at radius 2 is 2.18 bits per heavy atom. The predicted molar refractivity (Wildman–Crippen MR) is 70.7 cm³/mol. The largest absolute Gasteiger partial charge is 0.312 e. The molecule has 0 N–H and O–H groups in total. The van der Waals surface area contributed by atoms with Crippen LogP contribution in [0.1, 0.15) is 18.1 Å². The lowest BCUT2D eigenvalue weighted by atomic mass is 10.0. The number of anilines is 1. The quantitative estimate of drug-likeness (QED) is 0.801. The van der Waals surface area contributed by atoms with Crippen LogP contribution in [0.15, 0.2) is 18.2 Å². The van der Waals surface area contributed by atoms with Gasteiger partial charge in [-0.1, -0.05) is 34.1 Å². The van der Waals surface area contributed by atoms with Crippen LogP contribution >= 0.6 is 15.9 Å². The second kappa shape index (κ2) is 5.00. The smallest absolute Gasteiger partial charge is 0.223 e. The van der Waals surface area contributed by atoms with E-state index < -0.39 is 0 Å². The van der Waals surface area contributed by atoms with Crippen molar-refractivity contribution in [2.24, 2.45) is 0 Å². The zero-order valence-electron chi connectivity index (χ0n) is 9.70. The number of alkyl halides is 1. The van der Waals surface area contributed by atoms with Crippen LogP contribution < -0.4 is 4.90 Å². The third-order valence-electron chi connectivity index (χ3n) is 2.99. The van der Waals surface area contributed by atoms with Crippen molar-refractivity contribution in [1.29, 1.82) is 0 Å². The Hall–Kier alpha value is -1.16. The Bertz CT molecular complexity index is 470. The second-order valence-corrected chi connectivity index (χ2v) is 4.76. The number of halogens is 1. The van der Waals surface area contributed by atoms with Crippen molar-refractivity contribution in [1.82, 2.24) is 0 Å². The molecule has 1 aromatic carbocycles. The van der Waals surface area contributed by atoms with Crippen LogP contribution in [0.4, 0.5) is 5.69 Å². The van der Waals surface area contributed by atoms with E-state index in [9.17, 15) is 9.59 Å². The van der Waals surface area contributed by atoms with E-state index in [1.807, 2.05) is 18.2 Å². The summed E-state index contributed by atoms with van der Waals surface area (Å²) in [7, 11) is 0. The van der Waals surface area contributed by atoms with E-state index >= 15 is 0 Å². The molecular formula is C13H14BrNO2. The van der Waals surface area contributed by atoms with Gasteiger partial charge in [0.2, 0.25) is 5.91 Å². The molecule has 0 radical (unpaired) electrons. The first-order chi connectivity index (χ1) is 8.13. The second-order valence-electron chi connectivity index (χ2n) is 4.19. The molecule has 3 nitrogen and oxygen atoms in total. The van der Waals surface area contributed by atoms with E-state index in [-0.39, 0.29) is 11.7 Å². The number of carbonyl (C=O) groups is 2. The van der Waals surface area contributed by atoms with Crippen molar-refractivity contribution in [2.75, 3.05) is 16.8 Å². The van der Waals surface area contributed by atoms with Crippen LogP contribution in [0, 0.1) is 0 Å². The highest BCUT2D eigenvalue weighted by Crippen LogP contribution is 2.32. The molecule has 2 rings (SSSR count). The van der Waals surface area contributed by atoms with Crippen molar-refractivity contribution < 1.29 is 9.59 Å². The zero-order chi connectivity index (χ0) is 12.4. The van der Waals surface area contributed by atoms with Crippen LogP contribution in [-0.2, 0) is 22.4 Å². The molecule has 1 aromatic rings. The summed E-state index contributed by atoms with van der Waals surface area (Å²) >= 11 is 3.17. The standard InChI is InChI=1S/C13H14BrNO2/c1-9(16)15-6-5-10-3-2-4-11(13(10)15)7-12(17)8-14/h2-4H,5-8H2,1H3. The van der Waals surface area contributed by atoms with Gasteiger partial charge in [-0.3, -0.25) is 9.59 Å². The fraction of sp³-hybridized carbons (Fsp3) is 0.385. The van der Waals surface area contributed by atoms with E-state index in [4.69, 9.17) is 0 Å². The minimum absolute atomic E-state index is 0.0440. The lowest BCUT2D eigenvalue weighted by Gasteiger charge is -2.18. The topological polar surface area (TPSA) is 37.4 Å². The van der Waals surface area contributed by atoms with Gasteiger partial charge in [-0.15, -0.1) is 0 Å². The molecule has 1 amide bonds. The van der Waals surface area contributed by atoms with Crippen LogP contribution in [0.25, 0.3) is 0 Å². The number of carbonyl (C=O) groups excluding carboxylic acids is 2. The van der Waals surface area contributed by atoms with E-state index in [1.54, 1.807) is 11.8 Å². The lowest BCUT2D eigenvalue weighted by Crippen LogP contribution is -2.27. The molecule has 0 bridgehead atoms. The van der Waals surface area contributed by atoms with Crippen molar-refractivity contribution in [2.45, 2.75) is 19.8 Å². The number of rotatable bonds is 3. The normalized spacial score (nSPS) is 13.6. The molecule has 1 aliphatic rings. The number of ketones is 1. The zero-order valence-corrected chi connectivity index (χ0v) is 11.3. The van der Waals surface area contributed by atoms with Crippen LogP contribution in [0.2, 0.25) is 0 Å². The molecule has 0 aliphatic carbocycles. The molecule has 90 valence electrons. The molecule has 0 fully saturated rings. The molecule has 0 atom stereocenters. The van der Waals surface area contributed by atoms with E-state index in [1.165, 1.54) is 5.56 Å². The van der Waals surface area contributed by atoms with Gasteiger partial charge in [0, 0.05) is 19.9 Å². The third kappa shape index (κ3) is 2.41. The van der Waals surface area contributed by atoms with Crippen molar-refractivity contribution in [3.05, 3.63) is 29.3 Å². The van der Waals surface area contributed by atoms with Crippen molar-refractivity contribution in [3.8, 4) is 0 Å². The summed E-state index contributed by atoms with van der Waals surface area (Å²) in [5.74, 6) is 0.177. The minimum Gasteiger partial charge on any atom is -0.312 e. The Labute approximate surface area is 109 Å². The Morgan fingerprint density at radius 1 is 1.41 bits per heavy atom. The predicted octanol–water partition coefficient (Wildman–Crippen LogP) is 2.10. The molecule has 17 heavy (non-hydrogen) atoms. The lowest BCUT2D eigenvalue weighted by molar-refractivity contribution is -0.117. The van der Waals surface area contributed by atoms with Gasteiger partial charge in [-0.25, -0.2) is 0 Å². The molecule has 1 heterocycles. The summed E-state index contributed by atoms with van der Waals surface area (Å²) in [5, 5.41) is 0.358. The van der Waals surface area contributed by atoms with Gasteiger partial charge < -0.3 is 4.90 Å². The third-order valence-corrected chi connectivity index (χ3v) is 3.62. The van der Waals surface area contributed by atoms with Gasteiger partial charge in [0.15, 0.2) is 0 Å². The van der Waals surface area contributed by atoms with E-state index in [2.05, 4.69) is 15.9 Å². The molecule has 0 saturated carbocycles. The number of para-hydroxylation sites is 1. The van der Waals surface area contributed by atoms with Crippen LogP contribution in [-0.4, -0.2) is 23.6 Å². The maximum atomic E-state index is 11.5. The fourth-order valence-electron chi connectivity index (χ4n) is 2.25. The SMILES string of the molecule is CC(=O)N1CCc2cccc(CC(=O)CBr)c21. The first-order valence-corrected chi connectivity index (χ1v) is 6.72. The Kier molecular flexibility index (Phi) is 3.62. The Morgan fingerprint density at radius 3 is 2.82 bits per heavy atom. The van der Waals surface area contributed by atoms with Gasteiger partial charge in [0.05, 0.1) is 11.0 Å². The number of Topliss-reactive ketones (excluding diaryl/α,β-unsaturated/α-hetero) is 1. The van der Waals surface area contributed by atoms with Gasteiger partial charge in [0.25, 0.3) is 0 Å². The average Bonchev–Trinajstić information content (AvgIpc) is 2.73. The maximum Gasteiger partial charge on any atom is 0.223 e. The summed E-state index contributed by atoms with van der Waals surface area (Å²) < 4.78 is 0.